The summed E-state index contributed by atoms with van der Waals surface area (Å²) in [6, 6.07) is -1.48. The second kappa shape index (κ2) is 14.9. The molecule has 1 fully saturated rings. The molecule has 0 saturated carbocycles. The predicted octanol–water partition coefficient (Wildman–Crippen LogP) is -0.00820. The van der Waals surface area contributed by atoms with Crippen LogP contribution in [0, 0.1) is 0 Å². The van der Waals surface area contributed by atoms with E-state index in [4.69, 9.17) is 37.5 Å². The van der Waals surface area contributed by atoms with Crippen molar-refractivity contribution in [3.8, 4) is 0 Å². The molecule has 17 heteroatoms. The first-order valence-electron chi connectivity index (χ1n) is 11.5. The summed E-state index contributed by atoms with van der Waals surface area (Å²) in [5, 5.41) is 2.48. The van der Waals surface area contributed by atoms with Crippen molar-refractivity contribution in [2.24, 2.45) is 0 Å². The van der Waals surface area contributed by atoms with Crippen molar-refractivity contribution in [3.05, 3.63) is 0 Å². The minimum Gasteiger partial charge on any atom is -0.462 e. The maximum Gasteiger partial charge on any atom is 0.362 e. The van der Waals surface area contributed by atoms with Gasteiger partial charge in [0.15, 0.2) is 30.3 Å². The van der Waals surface area contributed by atoms with Crippen molar-refractivity contribution in [1.82, 2.24) is 5.32 Å². The second-order valence-electron chi connectivity index (χ2n) is 8.30. The van der Waals surface area contributed by atoms with Gasteiger partial charge in [-0.3, -0.25) is 33.3 Å². The molecule has 1 rings (SSSR count). The van der Waals surface area contributed by atoms with Gasteiger partial charge < -0.3 is 42.8 Å². The average Bonchev–Trinajstić information content (AvgIpc) is 2.80. The third-order valence-electron chi connectivity index (χ3n) is 5.16. The Bertz CT molecular complexity index is 959. The molecule has 1 amide bonds. The van der Waals surface area contributed by atoms with Gasteiger partial charge in [-0.05, 0) is 0 Å². The van der Waals surface area contributed by atoms with Gasteiger partial charge in [0.25, 0.3) is 0 Å². The zero-order valence-corrected chi connectivity index (χ0v) is 23.7. The van der Waals surface area contributed by atoms with Crippen LogP contribution in [0.15, 0.2) is 0 Å². The topological polar surface area (TPSA) is 205 Å². The van der Waals surface area contributed by atoms with Gasteiger partial charge in [-0.15, -0.1) is 0 Å². The van der Waals surface area contributed by atoms with E-state index in [1.54, 1.807) is 0 Å². The minimum absolute atomic E-state index is 0.637. The zero-order chi connectivity index (χ0) is 30.1. The lowest BCUT2D eigenvalue weighted by atomic mass is 9.90. The maximum absolute atomic E-state index is 13.6. The molecule has 1 saturated heterocycles. The van der Waals surface area contributed by atoms with E-state index in [0.29, 0.717) is 0 Å². The van der Waals surface area contributed by atoms with E-state index in [2.05, 4.69) is 5.32 Å². The van der Waals surface area contributed by atoms with E-state index >= 15 is 0 Å². The molecule has 1 aliphatic heterocycles. The number of hydrogen-bond acceptors (Lipinski definition) is 15. The molecule has 0 radical (unpaired) electrons. The fourth-order valence-electron chi connectivity index (χ4n) is 3.90. The Morgan fingerprint density at radius 2 is 1.28 bits per heavy atom. The van der Waals surface area contributed by atoms with Gasteiger partial charge in [0.1, 0.15) is 12.7 Å². The van der Waals surface area contributed by atoms with Gasteiger partial charge in [-0.25, -0.2) is 0 Å². The Labute approximate surface area is 224 Å². The summed E-state index contributed by atoms with van der Waals surface area (Å²) in [7, 11) is -2.32. The first kappa shape index (κ1) is 34.0. The molecule has 39 heavy (non-hydrogen) atoms. The zero-order valence-electron chi connectivity index (χ0n) is 22.8. The lowest BCUT2D eigenvalue weighted by Gasteiger charge is -2.48. The summed E-state index contributed by atoms with van der Waals surface area (Å²) in [6.45, 7) is 5.63. The van der Waals surface area contributed by atoms with E-state index in [-0.39, 0.29) is 0 Å². The molecule has 16 nitrogen and oxygen atoms in total. The standard InChI is InChI=1S/C22H34NO15P/c1-10(24)23-17-19(18(35-13(4)27)16(34-12(3)26)9-33-11(2)25)38-22(39(30,31-7)32-8)21(37-15(6)29)20(17)36-14(5)28/h16-22H,9H2,1-8H3,(H,23,24)/t16-,17+,18-,19-,20-,21+,22+/m1/s1. The normalized spacial score (nSPS) is 24.4. The molecule has 1 N–H and O–H groups in total. The van der Waals surface area contributed by atoms with E-state index < -0.39 is 92.4 Å². The van der Waals surface area contributed by atoms with Gasteiger partial charge in [0.2, 0.25) is 5.91 Å². The number of nitrogens with one attached hydrogen (secondary N) is 1. The maximum atomic E-state index is 13.6. The monoisotopic (exact) mass is 583 g/mol. The van der Waals surface area contributed by atoms with E-state index in [0.717, 1.165) is 55.8 Å². The highest BCUT2D eigenvalue weighted by molar-refractivity contribution is 7.54. The Hall–Kier alpha value is -3.07. The number of rotatable bonds is 12. The molecule has 0 unspecified atom stereocenters. The molecule has 0 bridgehead atoms. The van der Waals surface area contributed by atoms with Crippen LogP contribution < -0.4 is 5.32 Å². The lowest BCUT2D eigenvalue weighted by Crippen LogP contribution is -2.69. The molecular formula is C22H34NO15P. The lowest BCUT2D eigenvalue weighted by molar-refractivity contribution is -0.232. The molecule has 0 aliphatic carbocycles. The van der Waals surface area contributed by atoms with Gasteiger partial charge in [0.05, 0.1) is 6.04 Å². The summed E-state index contributed by atoms with van der Waals surface area (Å²) in [6.07, 6.45) is -8.16. The first-order chi connectivity index (χ1) is 18.1. The van der Waals surface area contributed by atoms with Crippen molar-refractivity contribution in [2.75, 3.05) is 20.8 Å². The van der Waals surface area contributed by atoms with Crippen molar-refractivity contribution < 1.29 is 70.8 Å². The Morgan fingerprint density at radius 3 is 1.69 bits per heavy atom. The van der Waals surface area contributed by atoms with Gasteiger partial charge in [-0.1, -0.05) is 0 Å². The second-order valence-corrected chi connectivity index (χ2v) is 10.6. The fourth-order valence-corrected chi connectivity index (χ4v) is 5.34. The molecule has 0 aromatic heterocycles. The van der Waals surface area contributed by atoms with Crippen LogP contribution in [0.25, 0.3) is 0 Å². The number of carbonyl (C=O) groups excluding carboxylic acids is 6. The summed E-state index contributed by atoms with van der Waals surface area (Å²) < 4.78 is 56.0. The number of ether oxygens (including phenoxy) is 6. The molecule has 1 heterocycles. The van der Waals surface area contributed by atoms with Crippen LogP contribution in [0.1, 0.15) is 41.5 Å². The molecule has 0 spiro atoms. The van der Waals surface area contributed by atoms with E-state index in [9.17, 15) is 33.3 Å². The predicted molar refractivity (Wildman–Crippen MR) is 127 cm³/mol. The first-order valence-corrected chi connectivity index (χ1v) is 13.1. The van der Waals surface area contributed by atoms with Crippen molar-refractivity contribution in [3.63, 3.8) is 0 Å². The molecule has 0 aromatic rings. The largest absolute Gasteiger partial charge is 0.462 e. The van der Waals surface area contributed by atoms with E-state index in [1.807, 2.05) is 0 Å². The van der Waals surface area contributed by atoms with Crippen LogP contribution in [-0.2, 0) is 70.8 Å². The highest BCUT2D eigenvalue weighted by atomic mass is 31.2. The van der Waals surface area contributed by atoms with Crippen LogP contribution in [0.2, 0.25) is 0 Å². The summed E-state index contributed by atoms with van der Waals surface area (Å²) in [5.74, 6) is -6.90. The summed E-state index contributed by atoms with van der Waals surface area (Å²) in [5.41, 5.74) is 0. The van der Waals surface area contributed by atoms with Gasteiger partial charge in [-0.2, -0.15) is 0 Å². The van der Waals surface area contributed by atoms with E-state index in [1.165, 1.54) is 0 Å². The van der Waals surface area contributed by atoms with Gasteiger partial charge in [0, 0.05) is 55.8 Å². The fraction of sp³-hybridized carbons (Fsp3) is 0.727. The van der Waals surface area contributed by atoms with Crippen molar-refractivity contribution in [1.29, 1.82) is 0 Å². The number of esters is 5. The molecule has 222 valence electrons. The highest BCUT2D eigenvalue weighted by Gasteiger charge is 2.60. The molecule has 7 atom stereocenters. The van der Waals surface area contributed by atoms with Crippen LogP contribution >= 0.6 is 7.60 Å². The van der Waals surface area contributed by atoms with Gasteiger partial charge >= 0.3 is 37.4 Å². The number of carbonyl (C=O) groups is 6. The highest BCUT2D eigenvalue weighted by Crippen LogP contribution is 2.56. The Balaban J connectivity index is 3.92. The number of hydrogen-bond donors (Lipinski definition) is 1. The third kappa shape index (κ3) is 9.88. The number of amides is 1. The van der Waals surface area contributed by atoms with Crippen LogP contribution in [0.5, 0.6) is 0 Å². The van der Waals surface area contributed by atoms with Crippen molar-refractivity contribution in [2.45, 2.75) is 83.9 Å². The third-order valence-corrected chi connectivity index (χ3v) is 7.22. The average molecular weight is 583 g/mol. The molecule has 1 aliphatic rings. The van der Waals surface area contributed by atoms with Crippen LogP contribution in [0.4, 0.5) is 0 Å². The van der Waals surface area contributed by atoms with Crippen molar-refractivity contribution >= 4 is 43.3 Å². The smallest absolute Gasteiger partial charge is 0.362 e. The molecular weight excluding hydrogens is 549 g/mol. The Morgan fingerprint density at radius 1 is 0.769 bits per heavy atom. The minimum atomic E-state index is -4.35. The van der Waals surface area contributed by atoms with Crippen LogP contribution in [0.3, 0.4) is 0 Å². The molecule has 0 aromatic carbocycles. The quantitative estimate of drug-likeness (QED) is 0.182. The van der Waals surface area contributed by atoms with Crippen LogP contribution in [-0.4, -0.2) is 99.0 Å². The Kier molecular flexibility index (Phi) is 13.0. The SMILES string of the molecule is COP(=O)(OC)[C@@H]1O[C@@H]([C@H](OC(C)=O)[C@@H](COC(C)=O)OC(C)=O)[C@H](NC(C)=O)[C@@H](OC(C)=O)[C@@H]1OC(C)=O. The summed E-state index contributed by atoms with van der Waals surface area (Å²) >= 11 is 0. The summed E-state index contributed by atoms with van der Waals surface area (Å²) in [4.78, 5) is 71.9.